The number of alkyl halides is 3. The maximum atomic E-state index is 12.8. The number of nitrogens with one attached hydrogen (secondary N) is 1. The second-order valence-electron chi connectivity index (χ2n) is 8.27. The van der Waals surface area contributed by atoms with Crippen molar-refractivity contribution < 1.29 is 22.7 Å². The summed E-state index contributed by atoms with van der Waals surface area (Å²) in [4.78, 5) is 18.2. The van der Waals surface area contributed by atoms with E-state index >= 15 is 0 Å². The molecule has 2 heterocycles. The zero-order valence-electron chi connectivity index (χ0n) is 15.2. The molecule has 144 valence electrons. The van der Waals surface area contributed by atoms with Crippen LogP contribution in [0.1, 0.15) is 45.6 Å². The summed E-state index contributed by atoms with van der Waals surface area (Å²) in [7, 11) is 0. The SMILES string of the molecule is CC(C)(C)OC(=O)N1CC2(CC2)C[C@H]1CNc1cc(C(F)(F)F)ccn1. The third-order valence-electron chi connectivity index (χ3n) is 4.81. The molecule has 1 aromatic rings. The van der Waals surface area contributed by atoms with Crippen LogP contribution in [0.15, 0.2) is 18.3 Å². The van der Waals surface area contributed by atoms with Crippen LogP contribution in [0.2, 0.25) is 0 Å². The van der Waals surface area contributed by atoms with Gasteiger partial charge in [-0.2, -0.15) is 13.2 Å². The zero-order chi connectivity index (χ0) is 19.2. The van der Waals surface area contributed by atoms with Crippen molar-refractivity contribution in [3.8, 4) is 0 Å². The maximum Gasteiger partial charge on any atom is 0.416 e. The summed E-state index contributed by atoms with van der Waals surface area (Å²) >= 11 is 0. The van der Waals surface area contributed by atoms with Crippen LogP contribution in [0.5, 0.6) is 0 Å². The molecular formula is C18H24F3N3O2. The second kappa shape index (κ2) is 6.32. The Morgan fingerprint density at radius 3 is 2.65 bits per heavy atom. The van der Waals surface area contributed by atoms with Crippen molar-refractivity contribution in [1.82, 2.24) is 9.88 Å². The molecule has 26 heavy (non-hydrogen) atoms. The highest BCUT2D eigenvalue weighted by Crippen LogP contribution is 2.55. The molecule has 8 heteroatoms. The molecule has 0 aromatic carbocycles. The molecule has 2 aliphatic rings. The summed E-state index contributed by atoms with van der Waals surface area (Å²) in [5.41, 5.74) is -1.18. The molecule has 0 bridgehead atoms. The van der Waals surface area contributed by atoms with Crippen LogP contribution in [-0.2, 0) is 10.9 Å². The lowest BCUT2D eigenvalue weighted by Gasteiger charge is -2.28. The van der Waals surface area contributed by atoms with E-state index in [1.807, 2.05) is 20.8 Å². The van der Waals surface area contributed by atoms with Crippen molar-refractivity contribution >= 4 is 11.9 Å². The van der Waals surface area contributed by atoms with Crippen LogP contribution < -0.4 is 5.32 Å². The summed E-state index contributed by atoms with van der Waals surface area (Å²) in [6, 6.07) is 1.80. The fraction of sp³-hybridized carbons (Fsp3) is 0.667. The van der Waals surface area contributed by atoms with E-state index < -0.39 is 17.3 Å². The summed E-state index contributed by atoms with van der Waals surface area (Å²) in [5, 5.41) is 2.95. The van der Waals surface area contributed by atoms with Crippen molar-refractivity contribution in [1.29, 1.82) is 0 Å². The summed E-state index contributed by atoms with van der Waals surface area (Å²) in [6.07, 6.45) is -0.667. The van der Waals surface area contributed by atoms with Gasteiger partial charge < -0.3 is 15.0 Å². The third-order valence-corrected chi connectivity index (χ3v) is 4.81. The van der Waals surface area contributed by atoms with Crippen LogP contribution in [0.4, 0.5) is 23.8 Å². The molecule has 1 amide bonds. The van der Waals surface area contributed by atoms with Crippen LogP contribution in [0.25, 0.3) is 0 Å². The Kier molecular flexibility index (Phi) is 4.56. The van der Waals surface area contributed by atoms with Crippen molar-refractivity contribution in [2.75, 3.05) is 18.4 Å². The molecule has 1 aliphatic heterocycles. The number of pyridine rings is 1. The minimum atomic E-state index is -4.41. The van der Waals surface area contributed by atoms with E-state index in [1.54, 1.807) is 4.90 Å². The summed E-state index contributed by atoms with van der Waals surface area (Å²) in [5.74, 6) is 0.153. The Bertz CT molecular complexity index is 681. The molecule has 3 rings (SSSR count). The molecule has 2 fully saturated rings. The van der Waals surface area contributed by atoms with E-state index in [4.69, 9.17) is 4.74 Å². The first-order valence-electron chi connectivity index (χ1n) is 8.74. The van der Waals surface area contributed by atoms with E-state index in [2.05, 4.69) is 10.3 Å². The topological polar surface area (TPSA) is 54.5 Å². The van der Waals surface area contributed by atoms with Crippen molar-refractivity contribution in [2.45, 2.75) is 57.9 Å². The Morgan fingerprint density at radius 1 is 1.38 bits per heavy atom. The number of hydrogen-bond acceptors (Lipinski definition) is 4. The van der Waals surface area contributed by atoms with Gasteiger partial charge in [0.15, 0.2) is 0 Å². The maximum absolute atomic E-state index is 12.8. The number of ether oxygens (including phenoxy) is 1. The number of likely N-dealkylation sites (tertiary alicyclic amines) is 1. The minimum Gasteiger partial charge on any atom is -0.444 e. The first-order chi connectivity index (χ1) is 12.0. The molecule has 1 N–H and O–H groups in total. The highest BCUT2D eigenvalue weighted by molar-refractivity contribution is 5.69. The Morgan fingerprint density at radius 2 is 2.08 bits per heavy atom. The largest absolute Gasteiger partial charge is 0.444 e. The minimum absolute atomic E-state index is 0.122. The first-order valence-corrected chi connectivity index (χ1v) is 8.74. The number of hydrogen-bond donors (Lipinski definition) is 1. The van der Waals surface area contributed by atoms with Crippen molar-refractivity contribution in [2.24, 2.45) is 5.41 Å². The van der Waals surface area contributed by atoms with Gasteiger partial charge in [-0.3, -0.25) is 0 Å². The standard InChI is InChI=1S/C18H24F3N3O2/c1-16(2,3)26-15(25)24-11-17(5-6-17)9-13(24)10-23-14-8-12(4-7-22-14)18(19,20)21/h4,7-8,13H,5-6,9-11H2,1-3H3,(H,22,23)/t13-/m0/s1. The predicted octanol–water partition coefficient (Wildman–Crippen LogP) is 4.30. The Labute approximate surface area is 150 Å². The van der Waals surface area contributed by atoms with Crippen LogP contribution >= 0.6 is 0 Å². The second-order valence-corrected chi connectivity index (χ2v) is 8.27. The zero-order valence-corrected chi connectivity index (χ0v) is 15.2. The molecular weight excluding hydrogens is 347 g/mol. The van der Waals surface area contributed by atoms with Gasteiger partial charge in [-0.15, -0.1) is 0 Å². The number of carbonyl (C=O) groups is 1. The van der Waals surface area contributed by atoms with Crippen LogP contribution in [0.3, 0.4) is 0 Å². The number of aromatic nitrogens is 1. The number of halogens is 3. The van der Waals surface area contributed by atoms with Crippen LogP contribution in [0, 0.1) is 5.41 Å². The molecule has 0 radical (unpaired) electrons. The average Bonchev–Trinajstić information content (AvgIpc) is 3.15. The number of rotatable bonds is 3. The van der Waals surface area contributed by atoms with E-state index in [0.29, 0.717) is 13.1 Å². The quantitative estimate of drug-likeness (QED) is 0.861. The van der Waals surface area contributed by atoms with Crippen molar-refractivity contribution in [3.05, 3.63) is 23.9 Å². The normalized spacial score (nSPS) is 21.8. The fourth-order valence-corrected chi connectivity index (χ4v) is 3.35. The van der Waals surface area contributed by atoms with Gasteiger partial charge in [-0.25, -0.2) is 9.78 Å². The highest BCUT2D eigenvalue weighted by atomic mass is 19.4. The van der Waals surface area contributed by atoms with Gasteiger partial charge in [0.1, 0.15) is 11.4 Å². The number of anilines is 1. The first kappa shape index (κ1) is 18.8. The summed E-state index contributed by atoms with van der Waals surface area (Å²) < 4.78 is 43.9. The fourth-order valence-electron chi connectivity index (χ4n) is 3.35. The average molecular weight is 371 g/mol. The van der Waals surface area contributed by atoms with E-state index in [1.165, 1.54) is 0 Å². The molecule has 1 saturated heterocycles. The van der Waals surface area contributed by atoms with Gasteiger partial charge >= 0.3 is 12.3 Å². The van der Waals surface area contributed by atoms with E-state index in [0.717, 1.165) is 37.6 Å². The molecule has 5 nitrogen and oxygen atoms in total. The third kappa shape index (κ3) is 4.40. The number of amides is 1. The van der Waals surface area contributed by atoms with Gasteiger partial charge in [0.05, 0.1) is 11.6 Å². The van der Waals surface area contributed by atoms with E-state index in [-0.39, 0.29) is 23.4 Å². The van der Waals surface area contributed by atoms with Gasteiger partial charge in [0.25, 0.3) is 0 Å². The van der Waals surface area contributed by atoms with E-state index in [9.17, 15) is 18.0 Å². The van der Waals surface area contributed by atoms with Gasteiger partial charge in [0.2, 0.25) is 0 Å². The lowest BCUT2D eigenvalue weighted by atomic mass is 10.0. The molecule has 0 unspecified atom stereocenters. The lowest BCUT2D eigenvalue weighted by molar-refractivity contribution is -0.137. The number of nitrogens with zero attached hydrogens (tertiary/aromatic N) is 2. The lowest BCUT2D eigenvalue weighted by Crippen LogP contribution is -2.42. The Hall–Kier alpha value is -1.99. The highest BCUT2D eigenvalue weighted by Gasteiger charge is 2.53. The van der Waals surface area contributed by atoms with Gasteiger partial charge in [0, 0.05) is 19.3 Å². The van der Waals surface area contributed by atoms with Crippen LogP contribution in [-0.4, -0.2) is 40.7 Å². The Balaban J connectivity index is 1.67. The molecule has 1 aliphatic carbocycles. The monoisotopic (exact) mass is 371 g/mol. The molecule has 1 atom stereocenters. The van der Waals surface area contributed by atoms with Gasteiger partial charge in [-0.1, -0.05) is 0 Å². The van der Waals surface area contributed by atoms with Gasteiger partial charge in [-0.05, 0) is 57.6 Å². The number of carbonyl (C=O) groups excluding carboxylic acids is 1. The van der Waals surface area contributed by atoms with Crippen molar-refractivity contribution in [3.63, 3.8) is 0 Å². The predicted molar refractivity (Wildman–Crippen MR) is 90.7 cm³/mol. The molecule has 1 aromatic heterocycles. The molecule has 1 spiro atoms. The molecule has 1 saturated carbocycles. The summed E-state index contributed by atoms with van der Waals surface area (Å²) in [6.45, 7) is 6.43. The smallest absolute Gasteiger partial charge is 0.416 e.